The minimum absolute atomic E-state index is 0.204. The van der Waals surface area contributed by atoms with Crippen LogP contribution in [0.1, 0.15) is 31.9 Å². The molecular formula is C16H21N3. The highest BCUT2D eigenvalue weighted by Crippen LogP contribution is 2.35. The van der Waals surface area contributed by atoms with Crippen LogP contribution in [0.25, 0.3) is 10.8 Å². The molecule has 2 atom stereocenters. The summed E-state index contributed by atoms with van der Waals surface area (Å²) in [5, 5.41) is 2.48. The Morgan fingerprint density at radius 3 is 2.84 bits per heavy atom. The standard InChI is InChI=1S/C16H21N3/c1-11(2)19-8-7-15(17)16(19)14-10-18-9-12-5-3-4-6-13(12)14/h3-6,9-11,15-16H,7-8,17H2,1-2H3. The summed E-state index contributed by atoms with van der Waals surface area (Å²) in [5.74, 6) is 0. The van der Waals surface area contributed by atoms with Crippen LogP contribution in [0.15, 0.2) is 36.7 Å². The van der Waals surface area contributed by atoms with E-state index in [1.165, 1.54) is 16.3 Å². The first-order chi connectivity index (χ1) is 9.18. The fourth-order valence-electron chi connectivity index (χ4n) is 3.21. The molecule has 1 fully saturated rings. The maximum atomic E-state index is 6.36. The van der Waals surface area contributed by atoms with Gasteiger partial charge in [-0.1, -0.05) is 24.3 Å². The molecular weight excluding hydrogens is 234 g/mol. The maximum absolute atomic E-state index is 6.36. The molecule has 0 amide bonds. The minimum atomic E-state index is 0.204. The number of pyridine rings is 1. The molecule has 0 radical (unpaired) electrons. The molecule has 3 rings (SSSR count). The van der Waals surface area contributed by atoms with E-state index in [4.69, 9.17) is 5.73 Å². The topological polar surface area (TPSA) is 42.1 Å². The third kappa shape index (κ3) is 2.13. The van der Waals surface area contributed by atoms with Crippen LogP contribution in [-0.4, -0.2) is 28.5 Å². The number of rotatable bonds is 2. The highest BCUT2D eigenvalue weighted by molar-refractivity contribution is 5.85. The molecule has 2 unspecified atom stereocenters. The third-order valence-corrected chi connectivity index (χ3v) is 4.16. The first-order valence-corrected chi connectivity index (χ1v) is 7.02. The fourth-order valence-corrected chi connectivity index (χ4v) is 3.21. The number of hydrogen-bond acceptors (Lipinski definition) is 3. The van der Waals surface area contributed by atoms with Gasteiger partial charge in [0.2, 0.25) is 0 Å². The Kier molecular flexibility index (Phi) is 3.25. The normalized spacial score (nSPS) is 24.4. The first-order valence-electron chi connectivity index (χ1n) is 7.02. The van der Waals surface area contributed by atoms with E-state index in [1.54, 1.807) is 0 Å². The van der Waals surface area contributed by atoms with E-state index in [2.05, 4.69) is 48.0 Å². The molecule has 1 aromatic carbocycles. The van der Waals surface area contributed by atoms with Gasteiger partial charge in [0.1, 0.15) is 0 Å². The van der Waals surface area contributed by atoms with E-state index >= 15 is 0 Å². The predicted octanol–water partition coefficient (Wildman–Crippen LogP) is 2.72. The number of likely N-dealkylation sites (tertiary alicyclic amines) is 1. The summed E-state index contributed by atoms with van der Waals surface area (Å²) in [4.78, 5) is 6.90. The lowest BCUT2D eigenvalue weighted by molar-refractivity contribution is 0.199. The number of aromatic nitrogens is 1. The largest absolute Gasteiger partial charge is 0.326 e. The molecule has 3 nitrogen and oxygen atoms in total. The van der Waals surface area contributed by atoms with E-state index < -0.39 is 0 Å². The molecule has 100 valence electrons. The molecule has 2 aromatic rings. The van der Waals surface area contributed by atoms with Gasteiger partial charge in [-0.05, 0) is 31.2 Å². The van der Waals surface area contributed by atoms with Crippen molar-refractivity contribution in [3.63, 3.8) is 0 Å². The molecule has 1 aliphatic heterocycles. The second-order valence-corrected chi connectivity index (χ2v) is 5.68. The van der Waals surface area contributed by atoms with Gasteiger partial charge in [0.25, 0.3) is 0 Å². The number of fused-ring (bicyclic) bond motifs is 1. The van der Waals surface area contributed by atoms with Gasteiger partial charge in [-0.2, -0.15) is 0 Å². The molecule has 0 spiro atoms. The first kappa shape index (κ1) is 12.6. The van der Waals surface area contributed by atoms with Gasteiger partial charge in [-0.3, -0.25) is 9.88 Å². The molecule has 1 saturated heterocycles. The summed E-state index contributed by atoms with van der Waals surface area (Å²) in [6.45, 7) is 5.56. The molecule has 2 N–H and O–H groups in total. The average molecular weight is 255 g/mol. The molecule has 0 saturated carbocycles. The smallest absolute Gasteiger partial charge is 0.0523 e. The van der Waals surface area contributed by atoms with E-state index in [9.17, 15) is 0 Å². The lowest BCUT2D eigenvalue weighted by Crippen LogP contribution is -2.36. The highest BCUT2D eigenvalue weighted by Gasteiger charge is 2.35. The SMILES string of the molecule is CC(C)N1CCC(N)C1c1cncc2ccccc12. The Hall–Kier alpha value is -1.45. The van der Waals surface area contributed by atoms with Crippen molar-refractivity contribution in [2.45, 2.75) is 38.4 Å². The zero-order chi connectivity index (χ0) is 13.4. The summed E-state index contributed by atoms with van der Waals surface area (Å²) in [6.07, 6.45) is 4.98. The van der Waals surface area contributed by atoms with Crippen molar-refractivity contribution < 1.29 is 0 Å². The van der Waals surface area contributed by atoms with E-state index in [0.29, 0.717) is 12.1 Å². The van der Waals surface area contributed by atoms with Crippen LogP contribution in [0.5, 0.6) is 0 Å². The number of hydrogen-bond donors (Lipinski definition) is 1. The van der Waals surface area contributed by atoms with Crippen LogP contribution in [0.2, 0.25) is 0 Å². The van der Waals surface area contributed by atoms with Gasteiger partial charge in [0.15, 0.2) is 0 Å². The fraction of sp³-hybridized carbons (Fsp3) is 0.438. The second-order valence-electron chi connectivity index (χ2n) is 5.68. The summed E-state index contributed by atoms with van der Waals surface area (Å²) in [5.41, 5.74) is 7.64. The third-order valence-electron chi connectivity index (χ3n) is 4.16. The van der Waals surface area contributed by atoms with Gasteiger partial charge in [0.05, 0.1) is 6.04 Å². The van der Waals surface area contributed by atoms with Gasteiger partial charge >= 0.3 is 0 Å². The number of nitrogens with zero attached hydrogens (tertiary/aromatic N) is 2. The Labute approximate surface area is 114 Å². The van der Waals surface area contributed by atoms with Crippen LogP contribution >= 0.6 is 0 Å². The van der Waals surface area contributed by atoms with Crippen molar-refractivity contribution in [1.82, 2.24) is 9.88 Å². The van der Waals surface area contributed by atoms with Gasteiger partial charge in [0, 0.05) is 36.4 Å². The van der Waals surface area contributed by atoms with E-state index in [0.717, 1.165) is 13.0 Å². The second kappa shape index (κ2) is 4.91. The van der Waals surface area contributed by atoms with Gasteiger partial charge < -0.3 is 5.73 Å². The number of benzene rings is 1. The molecule has 0 bridgehead atoms. The Bertz CT molecular complexity index is 574. The van der Waals surface area contributed by atoms with Crippen molar-refractivity contribution in [2.75, 3.05) is 6.54 Å². The quantitative estimate of drug-likeness (QED) is 0.897. The molecule has 2 heterocycles. The molecule has 0 aliphatic carbocycles. The predicted molar refractivity (Wildman–Crippen MR) is 78.9 cm³/mol. The van der Waals surface area contributed by atoms with Crippen molar-refractivity contribution >= 4 is 10.8 Å². The maximum Gasteiger partial charge on any atom is 0.0523 e. The zero-order valence-corrected chi connectivity index (χ0v) is 11.6. The average Bonchev–Trinajstić information content (AvgIpc) is 2.80. The Morgan fingerprint density at radius 2 is 2.05 bits per heavy atom. The Morgan fingerprint density at radius 1 is 1.26 bits per heavy atom. The highest BCUT2D eigenvalue weighted by atomic mass is 15.2. The van der Waals surface area contributed by atoms with Crippen LogP contribution in [-0.2, 0) is 0 Å². The molecule has 1 aromatic heterocycles. The summed E-state index contributed by atoms with van der Waals surface area (Å²) in [7, 11) is 0. The van der Waals surface area contributed by atoms with E-state index in [-0.39, 0.29) is 6.04 Å². The molecule has 19 heavy (non-hydrogen) atoms. The van der Waals surface area contributed by atoms with Crippen molar-refractivity contribution in [2.24, 2.45) is 5.73 Å². The van der Waals surface area contributed by atoms with E-state index in [1.807, 2.05) is 12.4 Å². The van der Waals surface area contributed by atoms with Crippen molar-refractivity contribution in [1.29, 1.82) is 0 Å². The van der Waals surface area contributed by atoms with Crippen LogP contribution < -0.4 is 5.73 Å². The van der Waals surface area contributed by atoms with Crippen LogP contribution in [0, 0.1) is 0 Å². The van der Waals surface area contributed by atoms with Crippen molar-refractivity contribution in [3.8, 4) is 0 Å². The summed E-state index contributed by atoms with van der Waals surface area (Å²) >= 11 is 0. The molecule has 3 heteroatoms. The van der Waals surface area contributed by atoms with Crippen molar-refractivity contribution in [3.05, 3.63) is 42.2 Å². The lowest BCUT2D eigenvalue weighted by atomic mass is 9.96. The number of nitrogens with two attached hydrogens (primary N) is 1. The zero-order valence-electron chi connectivity index (χ0n) is 11.6. The monoisotopic (exact) mass is 255 g/mol. The van der Waals surface area contributed by atoms with Crippen LogP contribution in [0.3, 0.4) is 0 Å². The van der Waals surface area contributed by atoms with Gasteiger partial charge in [-0.25, -0.2) is 0 Å². The molecule has 1 aliphatic rings. The summed E-state index contributed by atoms with van der Waals surface area (Å²) < 4.78 is 0. The van der Waals surface area contributed by atoms with Crippen LogP contribution in [0.4, 0.5) is 0 Å². The lowest BCUT2D eigenvalue weighted by Gasteiger charge is -2.31. The van der Waals surface area contributed by atoms with Gasteiger partial charge in [-0.15, -0.1) is 0 Å². The summed E-state index contributed by atoms with van der Waals surface area (Å²) in [6, 6.07) is 9.45. The minimum Gasteiger partial charge on any atom is -0.326 e. The Balaban J connectivity index is 2.12.